The van der Waals surface area contributed by atoms with E-state index in [2.05, 4.69) is 32.9 Å². The highest BCUT2D eigenvalue weighted by molar-refractivity contribution is 7.84. The lowest BCUT2D eigenvalue weighted by Gasteiger charge is -2.12. The van der Waals surface area contributed by atoms with Crippen LogP contribution in [0.5, 0.6) is 0 Å². The molecule has 0 aliphatic heterocycles. The van der Waals surface area contributed by atoms with Crippen LogP contribution < -0.4 is 5.73 Å². The van der Waals surface area contributed by atoms with Crippen molar-refractivity contribution >= 4 is 16.5 Å². The largest absolute Gasteiger partial charge is 0.399 e. The van der Waals surface area contributed by atoms with Crippen LogP contribution in [0.2, 0.25) is 0 Å². The van der Waals surface area contributed by atoms with Crippen molar-refractivity contribution < 1.29 is 4.21 Å². The highest BCUT2D eigenvalue weighted by Crippen LogP contribution is 2.22. The SMILES string of the molecule is Cc1cc(C)c(CS(=O)c2ccc(N)c(C)c2)c(C)c1. The van der Waals surface area contributed by atoms with E-state index in [-0.39, 0.29) is 0 Å². The molecule has 2 aromatic carbocycles. The van der Waals surface area contributed by atoms with Crippen molar-refractivity contribution in [3.05, 3.63) is 58.1 Å². The van der Waals surface area contributed by atoms with Crippen LogP contribution >= 0.6 is 0 Å². The highest BCUT2D eigenvalue weighted by atomic mass is 32.2. The molecular formula is C17H21NOS. The number of nitrogen functional groups attached to an aromatic ring is 1. The van der Waals surface area contributed by atoms with Gasteiger partial charge in [0, 0.05) is 10.6 Å². The van der Waals surface area contributed by atoms with Crippen molar-refractivity contribution in [2.45, 2.75) is 38.3 Å². The number of rotatable bonds is 3. The Balaban J connectivity index is 2.30. The summed E-state index contributed by atoms with van der Waals surface area (Å²) in [4.78, 5) is 0.844. The third kappa shape index (κ3) is 3.10. The van der Waals surface area contributed by atoms with Gasteiger partial charge in [0.25, 0.3) is 0 Å². The van der Waals surface area contributed by atoms with Crippen LogP contribution in [0.25, 0.3) is 0 Å². The minimum absolute atomic E-state index is 0.557. The van der Waals surface area contributed by atoms with Crippen LogP contribution in [0, 0.1) is 27.7 Å². The van der Waals surface area contributed by atoms with Gasteiger partial charge < -0.3 is 5.73 Å². The molecule has 0 spiro atoms. The summed E-state index contributed by atoms with van der Waals surface area (Å²) in [6, 6.07) is 9.90. The summed E-state index contributed by atoms with van der Waals surface area (Å²) in [5.41, 5.74) is 12.4. The molecule has 0 aromatic heterocycles. The van der Waals surface area contributed by atoms with E-state index in [1.165, 1.54) is 22.3 Å². The van der Waals surface area contributed by atoms with Gasteiger partial charge in [-0.2, -0.15) is 0 Å². The van der Waals surface area contributed by atoms with Crippen LogP contribution in [0.15, 0.2) is 35.2 Å². The molecule has 20 heavy (non-hydrogen) atoms. The molecule has 2 N–H and O–H groups in total. The predicted molar refractivity (Wildman–Crippen MR) is 86.4 cm³/mol. The zero-order chi connectivity index (χ0) is 14.9. The molecule has 0 fully saturated rings. The van der Waals surface area contributed by atoms with Gasteiger partial charge in [-0.1, -0.05) is 17.7 Å². The van der Waals surface area contributed by atoms with Crippen molar-refractivity contribution in [2.75, 3.05) is 5.73 Å². The lowest BCUT2D eigenvalue weighted by molar-refractivity contribution is 0.682. The minimum Gasteiger partial charge on any atom is -0.399 e. The van der Waals surface area contributed by atoms with Gasteiger partial charge in [0.1, 0.15) is 0 Å². The third-order valence-corrected chi connectivity index (χ3v) is 4.95. The first-order valence-corrected chi connectivity index (χ1v) is 8.01. The summed E-state index contributed by atoms with van der Waals surface area (Å²) in [7, 11) is -1.04. The Bertz CT molecular complexity index is 654. The molecule has 106 valence electrons. The van der Waals surface area contributed by atoms with Gasteiger partial charge in [-0.3, -0.25) is 4.21 Å². The minimum atomic E-state index is -1.04. The van der Waals surface area contributed by atoms with Crippen molar-refractivity contribution in [2.24, 2.45) is 0 Å². The summed E-state index contributed by atoms with van der Waals surface area (Å²) in [5.74, 6) is 0.557. The van der Waals surface area contributed by atoms with Crippen molar-refractivity contribution in [1.82, 2.24) is 0 Å². The standard InChI is InChI=1S/C17H21NOS/c1-11-7-12(2)16(13(3)8-11)10-20(19)15-5-6-17(18)14(4)9-15/h5-9H,10,18H2,1-4H3. The van der Waals surface area contributed by atoms with E-state index < -0.39 is 10.8 Å². The first-order valence-electron chi connectivity index (χ1n) is 6.69. The first kappa shape index (κ1) is 14.8. The van der Waals surface area contributed by atoms with Crippen molar-refractivity contribution in [3.63, 3.8) is 0 Å². The molecular weight excluding hydrogens is 266 g/mol. The molecule has 0 radical (unpaired) electrons. The van der Waals surface area contributed by atoms with Gasteiger partial charge in [0.05, 0.1) is 16.6 Å². The Morgan fingerprint density at radius 2 is 1.55 bits per heavy atom. The van der Waals surface area contributed by atoms with Crippen molar-refractivity contribution in [3.8, 4) is 0 Å². The molecule has 0 bridgehead atoms. The van der Waals surface area contributed by atoms with Crippen LogP contribution in [-0.4, -0.2) is 4.21 Å². The quantitative estimate of drug-likeness (QED) is 0.872. The average molecular weight is 287 g/mol. The number of benzene rings is 2. The molecule has 2 aromatic rings. The monoisotopic (exact) mass is 287 g/mol. The van der Waals surface area contributed by atoms with Gasteiger partial charge in [0.2, 0.25) is 0 Å². The summed E-state index contributed by atoms with van der Waals surface area (Å²) in [6.45, 7) is 8.20. The molecule has 0 saturated carbocycles. The normalized spacial score (nSPS) is 12.4. The molecule has 0 amide bonds. The molecule has 3 heteroatoms. The fraction of sp³-hybridized carbons (Fsp3) is 0.294. The Morgan fingerprint density at radius 1 is 0.950 bits per heavy atom. The summed E-state index contributed by atoms with van der Waals surface area (Å²) < 4.78 is 12.5. The van der Waals surface area contributed by atoms with E-state index in [9.17, 15) is 4.21 Å². The van der Waals surface area contributed by atoms with Gasteiger partial charge in [-0.15, -0.1) is 0 Å². The van der Waals surface area contributed by atoms with Crippen LogP contribution in [0.3, 0.4) is 0 Å². The van der Waals surface area contributed by atoms with E-state index in [0.29, 0.717) is 5.75 Å². The second kappa shape index (κ2) is 5.80. The first-order chi connectivity index (χ1) is 9.38. The molecule has 2 nitrogen and oxygen atoms in total. The van der Waals surface area contributed by atoms with Crippen LogP contribution in [0.4, 0.5) is 5.69 Å². The highest BCUT2D eigenvalue weighted by Gasteiger charge is 2.11. The Kier molecular flexibility index (Phi) is 4.29. The maximum Gasteiger partial charge on any atom is 0.0574 e. The lowest BCUT2D eigenvalue weighted by Crippen LogP contribution is -2.02. The summed E-state index contributed by atoms with van der Waals surface area (Å²) in [5, 5.41) is 0. The van der Waals surface area contributed by atoms with E-state index in [1.54, 1.807) is 0 Å². The number of hydrogen-bond donors (Lipinski definition) is 1. The molecule has 1 unspecified atom stereocenters. The second-order valence-corrected chi connectivity index (χ2v) is 6.84. The van der Waals surface area contributed by atoms with E-state index in [0.717, 1.165) is 16.1 Å². The van der Waals surface area contributed by atoms with E-state index >= 15 is 0 Å². The maximum absolute atomic E-state index is 12.5. The average Bonchev–Trinajstić information content (AvgIpc) is 2.36. The van der Waals surface area contributed by atoms with Gasteiger partial charge in [-0.05, 0) is 68.1 Å². The Hall–Kier alpha value is -1.61. The molecule has 0 aliphatic rings. The molecule has 2 rings (SSSR count). The topological polar surface area (TPSA) is 43.1 Å². The van der Waals surface area contributed by atoms with E-state index in [4.69, 9.17) is 5.73 Å². The van der Waals surface area contributed by atoms with Crippen LogP contribution in [0.1, 0.15) is 27.8 Å². The summed E-state index contributed by atoms with van der Waals surface area (Å²) in [6.07, 6.45) is 0. The van der Waals surface area contributed by atoms with Crippen LogP contribution in [-0.2, 0) is 16.6 Å². The third-order valence-electron chi connectivity index (χ3n) is 3.62. The second-order valence-electron chi connectivity index (χ2n) is 5.39. The Labute approximate surface area is 123 Å². The lowest BCUT2D eigenvalue weighted by atomic mass is 10.0. The zero-order valence-corrected chi connectivity index (χ0v) is 13.3. The zero-order valence-electron chi connectivity index (χ0n) is 12.5. The Morgan fingerprint density at radius 3 is 2.10 bits per heavy atom. The van der Waals surface area contributed by atoms with E-state index in [1.807, 2.05) is 25.1 Å². The fourth-order valence-electron chi connectivity index (χ4n) is 2.44. The van der Waals surface area contributed by atoms with Gasteiger partial charge >= 0.3 is 0 Å². The molecule has 1 atom stereocenters. The number of nitrogens with two attached hydrogens (primary N) is 1. The van der Waals surface area contributed by atoms with Gasteiger partial charge in [-0.25, -0.2) is 0 Å². The molecule has 0 heterocycles. The summed E-state index contributed by atoms with van der Waals surface area (Å²) >= 11 is 0. The number of anilines is 1. The van der Waals surface area contributed by atoms with Crippen molar-refractivity contribution in [1.29, 1.82) is 0 Å². The molecule has 0 aliphatic carbocycles. The molecule has 0 saturated heterocycles. The smallest absolute Gasteiger partial charge is 0.0574 e. The predicted octanol–water partition coefficient (Wildman–Crippen LogP) is 3.81. The number of aryl methyl sites for hydroxylation is 4. The number of hydrogen-bond acceptors (Lipinski definition) is 2. The fourth-order valence-corrected chi connectivity index (χ4v) is 3.85. The van der Waals surface area contributed by atoms with Gasteiger partial charge in [0.15, 0.2) is 0 Å². The maximum atomic E-state index is 12.5.